The van der Waals surface area contributed by atoms with Gasteiger partial charge in [-0.05, 0) is 42.0 Å². The van der Waals surface area contributed by atoms with Crippen LogP contribution in [0.5, 0.6) is 0 Å². The molecule has 0 bridgehead atoms. The van der Waals surface area contributed by atoms with E-state index in [9.17, 15) is 4.79 Å². The van der Waals surface area contributed by atoms with Crippen LogP contribution in [0, 0.1) is 11.8 Å². The summed E-state index contributed by atoms with van der Waals surface area (Å²) >= 11 is 6.08. The van der Waals surface area contributed by atoms with Crippen molar-refractivity contribution in [2.45, 2.75) is 0 Å². The highest BCUT2D eigenvalue weighted by Crippen LogP contribution is 2.17. The number of allylic oxidation sites excluding steroid dienone is 1. The molecule has 3 aromatic carbocycles. The van der Waals surface area contributed by atoms with Crippen LogP contribution in [0.3, 0.4) is 0 Å². The monoisotopic (exact) mass is 342 g/mol. The number of hydrogen-bond donors (Lipinski definition) is 0. The second kappa shape index (κ2) is 8.15. The molecule has 0 heterocycles. The fourth-order valence-corrected chi connectivity index (χ4v) is 2.49. The summed E-state index contributed by atoms with van der Waals surface area (Å²) in [6.45, 7) is 0. The number of ketones is 1. The molecule has 0 saturated carbocycles. The highest BCUT2D eigenvalue weighted by atomic mass is 35.5. The molecule has 1 nitrogen and oxygen atoms in total. The minimum atomic E-state index is -0.0992. The fourth-order valence-electron chi connectivity index (χ4n) is 2.32. The average molecular weight is 343 g/mol. The Balaban J connectivity index is 1.90. The summed E-state index contributed by atoms with van der Waals surface area (Å²) in [5.74, 6) is 6.03. The van der Waals surface area contributed by atoms with Gasteiger partial charge in [0.05, 0.1) is 0 Å². The van der Waals surface area contributed by atoms with Gasteiger partial charge in [0.1, 0.15) is 0 Å². The van der Waals surface area contributed by atoms with Crippen LogP contribution in [-0.2, 0) is 0 Å². The zero-order chi connectivity index (χ0) is 17.5. The zero-order valence-electron chi connectivity index (χ0n) is 13.4. The predicted octanol–water partition coefficient (Wildman–Crippen LogP) is 5.64. The van der Waals surface area contributed by atoms with Crippen molar-refractivity contribution in [1.29, 1.82) is 0 Å². The van der Waals surface area contributed by atoms with E-state index in [4.69, 9.17) is 11.6 Å². The van der Waals surface area contributed by atoms with Crippen LogP contribution in [0.2, 0.25) is 5.02 Å². The van der Waals surface area contributed by atoms with Crippen molar-refractivity contribution in [3.05, 3.63) is 112 Å². The fraction of sp³-hybridized carbons (Fsp3) is 0. The Morgan fingerprint density at radius 3 is 2.24 bits per heavy atom. The van der Waals surface area contributed by atoms with Gasteiger partial charge in [0.2, 0.25) is 0 Å². The van der Waals surface area contributed by atoms with Crippen molar-refractivity contribution in [2.75, 3.05) is 0 Å². The molecule has 0 fully saturated rings. The summed E-state index contributed by atoms with van der Waals surface area (Å²) in [6, 6.07) is 24.5. The van der Waals surface area contributed by atoms with Gasteiger partial charge in [-0.1, -0.05) is 78.0 Å². The zero-order valence-corrected chi connectivity index (χ0v) is 14.2. The largest absolute Gasteiger partial charge is 0.289 e. The minimum Gasteiger partial charge on any atom is -0.289 e. The second-order valence-electron chi connectivity index (χ2n) is 5.41. The Kier molecular flexibility index (Phi) is 5.46. The SMILES string of the molecule is O=C(/C=C/c1ccccc1)c1ccc(Cl)cc1C#Cc1ccccc1. The molecule has 0 spiro atoms. The molecule has 0 aliphatic rings. The molecular weight excluding hydrogens is 328 g/mol. The molecule has 0 amide bonds. The molecule has 3 aromatic rings. The summed E-state index contributed by atoms with van der Waals surface area (Å²) in [4.78, 5) is 12.6. The second-order valence-corrected chi connectivity index (χ2v) is 5.85. The summed E-state index contributed by atoms with van der Waals surface area (Å²) in [5, 5.41) is 0.556. The Labute approximate surface area is 152 Å². The number of rotatable bonds is 3. The molecule has 0 aliphatic heterocycles. The van der Waals surface area contributed by atoms with E-state index in [0.29, 0.717) is 16.1 Å². The van der Waals surface area contributed by atoms with E-state index in [-0.39, 0.29) is 5.78 Å². The third kappa shape index (κ3) is 4.70. The smallest absolute Gasteiger partial charge is 0.187 e. The normalized spacial score (nSPS) is 10.3. The molecule has 120 valence electrons. The van der Waals surface area contributed by atoms with Crippen molar-refractivity contribution in [3.8, 4) is 11.8 Å². The molecule has 25 heavy (non-hydrogen) atoms. The number of carbonyl (C=O) groups excluding carboxylic acids is 1. The van der Waals surface area contributed by atoms with Crippen LogP contribution in [0.25, 0.3) is 6.08 Å². The van der Waals surface area contributed by atoms with Crippen LogP contribution in [0.4, 0.5) is 0 Å². The van der Waals surface area contributed by atoms with Crippen LogP contribution in [-0.4, -0.2) is 5.78 Å². The Morgan fingerprint density at radius 2 is 1.52 bits per heavy atom. The van der Waals surface area contributed by atoms with Gasteiger partial charge in [0, 0.05) is 21.7 Å². The van der Waals surface area contributed by atoms with Gasteiger partial charge in [0.25, 0.3) is 0 Å². The van der Waals surface area contributed by atoms with Crippen LogP contribution < -0.4 is 0 Å². The molecule has 0 aromatic heterocycles. The molecule has 0 atom stereocenters. The Hall–Kier alpha value is -3.08. The maximum absolute atomic E-state index is 12.6. The lowest BCUT2D eigenvalue weighted by Gasteiger charge is -2.02. The predicted molar refractivity (Wildman–Crippen MR) is 104 cm³/mol. The van der Waals surface area contributed by atoms with Crippen molar-refractivity contribution in [1.82, 2.24) is 0 Å². The van der Waals surface area contributed by atoms with Crippen LogP contribution in [0.15, 0.2) is 84.9 Å². The lowest BCUT2D eigenvalue weighted by atomic mass is 10.0. The van der Waals surface area contributed by atoms with Gasteiger partial charge < -0.3 is 0 Å². The third-order valence-corrected chi connectivity index (χ3v) is 3.82. The molecule has 0 saturated heterocycles. The minimum absolute atomic E-state index is 0.0992. The maximum atomic E-state index is 12.6. The van der Waals surface area contributed by atoms with E-state index in [0.717, 1.165) is 11.1 Å². The third-order valence-electron chi connectivity index (χ3n) is 3.59. The van der Waals surface area contributed by atoms with Crippen molar-refractivity contribution in [2.24, 2.45) is 0 Å². The van der Waals surface area contributed by atoms with E-state index in [1.807, 2.05) is 60.7 Å². The molecule has 2 heteroatoms. The van der Waals surface area contributed by atoms with E-state index >= 15 is 0 Å². The lowest BCUT2D eigenvalue weighted by molar-refractivity contribution is 0.104. The highest BCUT2D eigenvalue weighted by Gasteiger charge is 2.08. The maximum Gasteiger partial charge on any atom is 0.187 e. The summed E-state index contributed by atoms with van der Waals surface area (Å²) in [6.07, 6.45) is 3.36. The van der Waals surface area contributed by atoms with Crippen LogP contribution in [0.1, 0.15) is 27.0 Å². The van der Waals surface area contributed by atoms with Gasteiger partial charge in [-0.25, -0.2) is 0 Å². The molecule has 0 radical (unpaired) electrons. The number of hydrogen-bond acceptors (Lipinski definition) is 1. The van der Waals surface area contributed by atoms with Gasteiger partial charge in [-0.15, -0.1) is 0 Å². The van der Waals surface area contributed by atoms with Crippen molar-refractivity contribution < 1.29 is 4.79 Å². The first-order valence-corrected chi connectivity index (χ1v) is 8.24. The van der Waals surface area contributed by atoms with Crippen molar-refractivity contribution >= 4 is 23.5 Å². The van der Waals surface area contributed by atoms with E-state index in [2.05, 4.69) is 11.8 Å². The molecule has 3 rings (SSSR count). The van der Waals surface area contributed by atoms with Gasteiger partial charge in [-0.3, -0.25) is 4.79 Å². The Bertz CT molecular complexity index is 961. The number of benzene rings is 3. The van der Waals surface area contributed by atoms with Crippen LogP contribution >= 0.6 is 11.6 Å². The van der Waals surface area contributed by atoms with Gasteiger partial charge in [-0.2, -0.15) is 0 Å². The average Bonchev–Trinajstić information content (AvgIpc) is 2.66. The first-order valence-electron chi connectivity index (χ1n) is 7.86. The highest BCUT2D eigenvalue weighted by molar-refractivity contribution is 6.30. The van der Waals surface area contributed by atoms with Gasteiger partial charge >= 0.3 is 0 Å². The summed E-state index contributed by atoms with van der Waals surface area (Å²) in [7, 11) is 0. The van der Waals surface area contributed by atoms with E-state index < -0.39 is 0 Å². The molecule has 0 unspecified atom stereocenters. The number of halogens is 1. The molecule has 0 aliphatic carbocycles. The first-order chi connectivity index (χ1) is 12.2. The molecular formula is C23H15ClO. The number of carbonyl (C=O) groups is 1. The molecule has 0 N–H and O–H groups in total. The Morgan fingerprint density at radius 1 is 0.840 bits per heavy atom. The standard InChI is InChI=1S/C23H15ClO/c24-21-14-15-22(23(25)16-12-19-9-5-2-6-10-19)20(17-21)13-11-18-7-3-1-4-8-18/h1-10,12,14-17H/b16-12+. The topological polar surface area (TPSA) is 17.1 Å². The first kappa shape index (κ1) is 16.8. The van der Waals surface area contributed by atoms with E-state index in [1.54, 1.807) is 30.4 Å². The summed E-state index contributed by atoms with van der Waals surface area (Å²) in [5.41, 5.74) is 3.03. The summed E-state index contributed by atoms with van der Waals surface area (Å²) < 4.78 is 0. The quantitative estimate of drug-likeness (QED) is 0.342. The van der Waals surface area contributed by atoms with Crippen molar-refractivity contribution in [3.63, 3.8) is 0 Å². The van der Waals surface area contributed by atoms with E-state index in [1.165, 1.54) is 0 Å². The lowest BCUT2D eigenvalue weighted by Crippen LogP contribution is -1.98. The van der Waals surface area contributed by atoms with Gasteiger partial charge in [0.15, 0.2) is 5.78 Å².